The number of amides is 3. The minimum atomic E-state index is -0.212. The smallest absolute Gasteiger partial charge is 0.258 e. The lowest BCUT2D eigenvalue weighted by molar-refractivity contribution is -0.117. The lowest BCUT2D eigenvalue weighted by Crippen LogP contribution is -2.28. The fraction of sp³-hybridized carbons (Fsp3) is 0.227. The highest BCUT2D eigenvalue weighted by atomic mass is 16.2. The van der Waals surface area contributed by atoms with E-state index in [1.807, 2.05) is 36.4 Å². The number of carbonyl (C=O) groups is 3. The molecule has 6 heteroatoms. The number of hydrogen-bond acceptors (Lipinski definition) is 3. The molecule has 0 radical (unpaired) electrons. The molecule has 0 aromatic heterocycles. The number of nitrogens with zero attached hydrogens (tertiary/aromatic N) is 2. The molecule has 0 atom stereocenters. The van der Waals surface area contributed by atoms with Crippen LogP contribution >= 0.6 is 0 Å². The van der Waals surface area contributed by atoms with Crippen molar-refractivity contribution in [2.75, 3.05) is 23.3 Å². The molecular formula is C22H21N3O3. The van der Waals surface area contributed by atoms with E-state index in [0.717, 1.165) is 12.0 Å². The second-order valence-corrected chi connectivity index (χ2v) is 6.91. The summed E-state index contributed by atoms with van der Waals surface area (Å²) in [7, 11) is 0. The van der Waals surface area contributed by atoms with Crippen molar-refractivity contribution in [1.82, 2.24) is 4.90 Å². The Morgan fingerprint density at radius 1 is 1.04 bits per heavy atom. The second-order valence-electron chi connectivity index (χ2n) is 6.91. The van der Waals surface area contributed by atoms with Crippen molar-refractivity contribution >= 4 is 34.8 Å². The summed E-state index contributed by atoms with van der Waals surface area (Å²) in [5, 5.41) is 2.88. The first-order chi connectivity index (χ1) is 13.6. The number of rotatable bonds is 5. The van der Waals surface area contributed by atoms with E-state index in [0.29, 0.717) is 35.6 Å². The topological polar surface area (TPSA) is 69.7 Å². The van der Waals surface area contributed by atoms with Crippen molar-refractivity contribution in [1.29, 1.82) is 0 Å². The molecule has 2 aromatic carbocycles. The van der Waals surface area contributed by atoms with Crippen LogP contribution in [0.15, 0.2) is 55.1 Å². The van der Waals surface area contributed by atoms with Gasteiger partial charge in [0.1, 0.15) is 0 Å². The molecule has 0 bridgehead atoms. The van der Waals surface area contributed by atoms with Crippen LogP contribution in [0.2, 0.25) is 0 Å². The minimum Gasteiger partial charge on any atom is -0.324 e. The van der Waals surface area contributed by atoms with Crippen LogP contribution in [0.3, 0.4) is 0 Å². The summed E-state index contributed by atoms with van der Waals surface area (Å²) in [4.78, 5) is 40.4. The van der Waals surface area contributed by atoms with E-state index >= 15 is 0 Å². The lowest BCUT2D eigenvalue weighted by Gasteiger charge is -2.21. The van der Waals surface area contributed by atoms with Crippen molar-refractivity contribution in [2.24, 2.45) is 0 Å². The number of nitrogens with one attached hydrogen (secondary N) is 1. The first kappa shape index (κ1) is 18.0. The molecule has 0 unspecified atom stereocenters. The fourth-order valence-electron chi connectivity index (χ4n) is 3.71. The number of carbonyl (C=O) groups excluding carboxylic acids is 3. The summed E-state index contributed by atoms with van der Waals surface area (Å²) in [6.45, 7) is 4.91. The Bertz CT molecular complexity index is 947. The predicted molar refractivity (Wildman–Crippen MR) is 108 cm³/mol. The maximum absolute atomic E-state index is 12.5. The number of benzene rings is 2. The van der Waals surface area contributed by atoms with Crippen LogP contribution in [0, 0.1) is 0 Å². The van der Waals surface area contributed by atoms with Crippen molar-refractivity contribution in [2.45, 2.75) is 19.3 Å². The van der Waals surface area contributed by atoms with Gasteiger partial charge in [0.15, 0.2) is 0 Å². The van der Waals surface area contributed by atoms with Crippen LogP contribution < -0.4 is 10.2 Å². The van der Waals surface area contributed by atoms with Crippen LogP contribution in [0.1, 0.15) is 35.2 Å². The van der Waals surface area contributed by atoms with Gasteiger partial charge in [-0.3, -0.25) is 14.4 Å². The van der Waals surface area contributed by atoms with Gasteiger partial charge in [-0.05, 0) is 24.6 Å². The molecule has 1 saturated heterocycles. The van der Waals surface area contributed by atoms with E-state index in [2.05, 4.69) is 11.9 Å². The van der Waals surface area contributed by atoms with Crippen molar-refractivity contribution < 1.29 is 14.4 Å². The van der Waals surface area contributed by atoms with Gasteiger partial charge in [0.05, 0.1) is 11.4 Å². The van der Waals surface area contributed by atoms with Crippen LogP contribution in [0.5, 0.6) is 0 Å². The molecule has 1 fully saturated rings. The maximum Gasteiger partial charge on any atom is 0.258 e. The third kappa shape index (κ3) is 3.17. The Morgan fingerprint density at radius 2 is 1.75 bits per heavy atom. The van der Waals surface area contributed by atoms with E-state index in [4.69, 9.17) is 0 Å². The molecule has 2 aliphatic rings. The van der Waals surface area contributed by atoms with Gasteiger partial charge in [-0.1, -0.05) is 36.9 Å². The molecule has 1 N–H and O–H groups in total. The molecule has 3 amide bonds. The van der Waals surface area contributed by atoms with Crippen molar-refractivity contribution in [3.05, 3.63) is 66.2 Å². The van der Waals surface area contributed by atoms with Gasteiger partial charge < -0.3 is 15.1 Å². The number of anilines is 2. The van der Waals surface area contributed by atoms with Crippen LogP contribution in [-0.4, -0.2) is 35.7 Å². The van der Waals surface area contributed by atoms with Gasteiger partial charge >= 0.3 is 0 Å². The van der Waals surface area contributed by atoms with Crippen molar-refractivity contribution in [3.8, 4) is 0 Å². The number of para-hydroxylation sites is 2. The molecule has 2 heterocycles. The molecule has 0 spiro atoms. The number of fused-ring (bicyclic) bond motifs is 1. The summed E-state index contributed by atoms with van der Waals surface area (Å²) >= 11 is 0. The predicted octanol–water partition coefficient (Wildman–Crippen LogP) is 3.27. The summed E-state index contributed by atoms with van der Waals surface area (Å²) < 4.78 is 0. The Balaban J connectivity index is 1.42. The Hall–Kier alpha value is -3.41. The van der Waals surface area contributed by atoms with Crippen LogP contribution in [0.25, 0.3) is 5.70 Å². The summed E-state index contributed by atoms with van der Waals surface area (Å²) in [6.07, 6.45) is 1.49. The van der Waals surface area contributed by atoms with E-state index in [1.165, 1.54) is 0 Å². The quantitative estimate of drug-likeness (QED) is 0.872. The van der Waals surface area contributed by atoms with E-state index < -0.39 is 0 Å². The van der Waals surface area contributed by atoms with Gasteiger partial charge in [0.2, 0.25) is 11.8 Å². The summed E-state index contributed by atoms with van der Waals surface area (Å²) in [6, 6.07) is 14.6. The van der Waals surface area contributed by atoms with Crippen molar-refractivity contribution in [3.63, 3.8) is 0 Å². The average Bonchev–Trinajstić information content (AvgIpc) is 3.23. The standard InChI is InChI=1S/C22H21N3O3/c1-15-16-7-2-3-8-17(16)22(28)24(15)14-12-20(26)23-18-9-4-5-10-19(18)25-13-6-11-21(25)27/h2-5,7-10H,1,6,11-14H2,(H,23,26). The monoisotopic (exact) mass is 375 g/mol. The zero-order valence-electron chi connectivity index (χ0n) is 15.5. The molecule has 4 rings (SSSR count). The van der Waals surface area contributed by atoms with E-state index in [-0.39, 0.29) is 30.7 Å². The third-order valence-corrected chi connectivity index (χ3v) is 5.14. The lowest BCUT2D eigenvalue weighted by atomic mass is 10.1. The molecule has 0 aliphatic carbocycles. The van der Waals surface area contributed by atoms with Gasteiger partial charge in [0.25, 0.3) is 5.91 Å². The normalized spacial score (nSPS) is 15.9. The molecule has 28 heavy (non-hydrogen) atoms. The SMILES string of the molecule is C=C1c2ccccc2C(=O)N1CCC(=O)Nc1ccccc1N1CCCC1=O. The van der Waals surface area contributed by atoms with Gasteiger partial charge in [-0.25, -0.2) is 0 Å². The van der Waals surface area contributed by atoms with Gasteiger partial charge in [-0.15, -0.1) is 0 Å². The highest BCUT2D eigenvalue weighted by molar-refractivity contribution is 6.09. The first-order valence-corrected chi connectivity index (χ1v) is 9.35. The maximum atomic E-state index is 12.5. The largest absolute Gasteiger partial charge is 0.324 e. The molecule has 142 valence electrons. The number of hydrogen-bond donors (Lipinski definition) is 1. The first-order valence-electron chi connectivity index (χ1n) is 9.35. The molecule has 2 aliphatic heterocycles. The third-order valence-electron chi connectivity index (χ3n) is 5.14. The van der Waals surface area contributed by atoms with E-state index in [9.17, 15) is 14.4 Å². The van der Waals surface area contributed by atoms with Crippen LogP contribution in [-0.2, 0) is 9.59 Å². The fourth-order valence-corrected chi connectivity index (χ4v) is 3.71. The summed E-state index contributed by atoms with van der Waals surface area (Å²) in [5.74, 6) is -0.273. The summed E-state index contributed by atoms with van der Waals surface area (Å²) in [5.41, 5.74) is 3.37. The molecule has 6 nitrogen and oxygen atoms in total. The van der Waals surface area contributed by atoms with Crippen LogP contribution in [0.4, 0.5) is 11.4 Å². The molecule has 0 saturated carbocycles. The molecule has 2 aromatic rings. The van der Waals surface area contributed by atoms with Gasteiger partial charge in [-0.2, -0.15) is 0 Å². The highest BCUT2D eigenvalue weighted by Crippen LogP contribution is 2.32. The minimum absolute atomic E-state index is 0.0680. The average molecular weight is 375 g/mol. The highest BCUT2D eigenvalue weighted by Gasteiger charge is 2.30. The Morgan fingerprint density at radius 3 is 2.46 bits per heavy atom. The zero-order valence-corrected chi connectivity index (χ0v) is 15.5. The van der Waals surface area contributed by atoms with Gasteiger partial charge in [0, 0.05) is 42.8 Å². The Kier molecular flexibility index (Phi) is 4.69. The Labute approximate surface area is 163 Å². The second kappa shape index (κ2) is 7.31. The van der Waals surface area contributed by atoms with E-state index in [1.54, 1.807) is 21.9 Å². The zero-order chi connectivity index (χ0) is 19.7. The molecular weight excluding hydrogens is 354 g/mol.